The van der Waals surface area contributed by atoms with Crippen molar-refractivity contribution in [1.82, 2.24) is 9.80 Å². The Balaban J connectivity index is 4.98. The van der Waals surface area contributed by atoms with Crippen molar-refractivity contribution in [3.05, 3.63) is 0 Å². The van der Waals surface area contributed by atoms with Gasteiger partial charge in [0.15, 0.2) is 0 Å². The van der Waals surface area contributed by atoms with Crippen molar-refractivity contribution in [2.24, 2.45) is 0 Å². The van der Waals surface area contributed by atoms with Crippen LogP contribution in [0, 0.1) is 0 Å². The maximum atomic E-state index is 11.3. The third-order valence-electron chi connectivity index (χ3n) is 3.85. The minimum absolute atomic E-state index is 0.0248. The predicted octanol–water partition coefficient (Wildman–Crippen LogP) is 0.296. The SMILES string of the molecule is CCC(COO)N(CCOO)CCN(CC(=O)O)C(CC)C(=O)O. The zero-order valence-electron chi connectivity index (χ0n) is 14.1. The summed E-state index contributed by atoms with van der Waals surface area (Å²) in [5, 5.41) is 35.4. The molecule has 0 fully saturated rings. The van der Waals surface area contributed by atoms with Gasteiger partial charge in [-0.15, -0.1) is 0 Å². The van der Waals surface area contributed by atoms with Gasteiger partial charge >= 0.3 is 11.9 Å². The van der Waals surface area contributed by atoms with E-state index in [4.69, 9.17) is 15.6 Å². The lowest BCUT2D eigenvalue weighted by Crippen LogP contribution is -2.49. The molecule has 0 amide bonds. The van der Waals surface area contributed by atoms with Crippen molar-refractivity contribution in [3.8, 4) is 0 Å². The van der Waals surface area contributed by atoms with E-state index < -0.39 is 18.0 Å². The molecule has 0 saturated heterocycles. The van der Waals surface area contributed by atoms with E-state index in [2.05, 4.69) is 9.78 Å². The number of hydrogen-bond donors (Lipinski definition) is 4. The Morgan fingerprint density at radius 1 is 0.958 bits per heavy atom. The molecule has 0 radical (unpaired) electrons. The van der Waals surface area contributed by atoms with Crippen LogP contribution in [0.5, 0.6) is 0 Å². The molecule has 0 aliphatic carbocycles. The maximum absolute atomic E-state index is 11.3. The highest BCUT2D eigenvalue weighted by atomic mass is 17.1. The van der Waals surface area contributed by atoms with Crippen molar-refractivity contribution in [2.75, 3.05) is 39.4 Å². The summed E-state index contributed by atoms with van der Waals surface area (Å²) in [4.78, 5) is 33.8. The average molecular weight is 352 g/mol. The Morgan fingerprint density at radius 3 is 2.00 bits per heavy atom. The molecule has 0 heterocycles. The molecule has 0 bridgehead atoms. The molecule has 142 valence electrons. The number of carboxylic acids is 2. The number of carbonyl (C=O) groups is 2. The van der Waals surface area contributed by atoms with Crippen LogP contribution in [-0.4, -0.2) is 93.9 Å². The fourth-order valence-corrected chi connectivity index (χ4v) is 2.57. The molecular formula is C14H28N2O8. The minimum Gasteiger partial charge on any atom is -0.480 e. The normalized spacial score (nSPS) is 14.1. The monoisotopic (exact) mass is 352 g/mol. The van der Waals surface area contributed by atoms with Crippen LogP contribution in [0.4, 0.5) is 0 Å². The third-order valence-corrected chi connectivity index (χ3v) is 3.85. The van der Waals surface area contributed by atoms with Crippen LogP contribution in [0.2, 0.25) is 0 Å². The first kappa shape index (κ1) is 22.7. The summed E-state index contributed by atoms with van der Waals surface area (Å²) >= 11 is 0. The second kappa shape index (κ2) is 13.0. The summed E-state index contributed by atoms with van der Waals surface area (Å²) in [7, 11) is 0. The van der Waals surface area contributed by atoms with E-state index in [1.54, 1.807) is 6.92 Å². The second-order valence-electron chi connectivity index (χ2n) is 5.35. The third kappa shape index (κ3) is 8.52. The zero-order valence-corrected chi connectivity index (χ0v) is 14.1. The number of nitrogens with zero attached hydrogens (tertiary/aromatic N) is 2. The average Bonchev–Trinajstić information content (AvgIpc) is 2.52. The van der Waals surface area contributed by atoms with Gasteiger partial charge in [-0.05, 0) is 12.8 Å². The summed E-state index contributed by atoms with van der Waals surface area (Å²) in [5.74, 6) is -2.18. The highest BCUT2D eigenvalue weighted by Crippen LogP contribution is 2.09. The second-order valence-corrected chi connectivity index (χ2v) is 5.35. The number of rotatable bonds is 15. The molecule has 2 unspecified atom stereocenters. The molecule has 24 heavy (non-hydrogen) atoms. The predicted molar refractivity (Wildman–Crippen MR) is 83.7 cm³/mol. The van der Waals surface area contributed by atoms with E-state index in [1.807, 2.05) is 11.8 Å². The Morgan fingerprint density at radius 2 is 1.58 bits per heavy atom. The summed E-state index contributed by atoms with van der Waals surface area (Å²) in [5.41, 5.74) is 0. The molecule has 10 heteroatoms. The smallest absolute Gasteiger partial charge is 0.320 e. The zero-order chi connectivity index (χ0) is 18.5. The van der Waals surface area contributed by atoms with Crippen LogP contribution in [-0.2, 0) is 19.4 Å². The van der Waals surface area contributed by atoms with Crippen molar-refractivity contribution in [1.29, 1.82) is 0 Å². The lowest BCUT2D eigenvalue weighted by atomic mass is 10.1. The van der Waals surface area contributed by atoms with E-state index >= 15 is 0 Å². The van der Waals surface area contributed by atoms with Gasteiger partial charge in [-0.25, -0.2) is 9.78 Å². The molecule has 0 aromatic rings. The van der Waals surface area contributed by atoms with E-state index in [0.29, 0.717) is 19.5 Å². The maximum Gasteiger partial charge on any atom is 0.320 e. The van der Waals surface area contributed by atoms with Crippen molar-refractivity contribution in [2.45, 2.75) is 38.8 Å². The summed E-state index contributed by atoms with van der Waals surface area (Å²) < 4.78 is 0. The Kier molecular flexibility index (Phi) is 12.3. The highest BCUT2D eigenvalue weighted by molar-refractivity contribution is 5.75. The van der Waals surface area contributed by atoms with Crippen LogP contribution in [0.1, 0.15) is 26.7 Å². The quantitative estimate of drug-likeness (QED) is 0.240. The molecule has 0 rings (SSSR count). The summed E-state index contributed by atoms with van der Waals surface area (Å²) in [6.07, 6.45) is 0.917. The lowest BCUT2D eigenvalue weighted by Gasteiger charge is -2.33. The molecular weight excluding hydrogens is 324 g/mol. The molecule has 0 aliphatic rings. The molecule has 0 spiro atoms. The van der Waals surface area contributed by atoms with Crippen LogP contribution < -0.4 is 0 Å². The largest absolute Gasteiger partial charge is 0.480 e. The number of hydrogen-bond acceptors (Lipinski definition) is 8. The topological polar surface area (TPSA) is 140 Å². The fourth-order valence-electron chi connectivity index (χ4n) is 2.57. The minimum atomic E-state index is -1.11. The standard InChI is InChI=1S/C14H28N2O8/c1-3-11(10-24-22)15(7-8-23-21)5-6-16(9-13(17)18)12(4-2)14(19)20/h11-12,21-22H,3-10H2,1-2H3,(H,17,18)(H,19,20). The molecule has 10 nitrogen and oxygen atoms in total. The van der Waals surface area contributed by atoms with Crippen molar-refractivity contribution < 1.29 is 40.1 Å². The van der Waals surface area contributed by atoms with E-state index in [9.17, 15) is 14.7 Å². The van der Waals surface area contributed by atoms with Crippen LogP contribution >= 0.6 is 0 Å². The summed E-state index contributed by atoms with van der Waals surface area (Å²) in [6.45, 7) is 4.10. The summed E-state index contributed by atoms with van der Waals surface area (Å²) in [6, 6.07) is -1.08. The van der Waals surface area contributed by atoms with E-state index in [-0.39, 0.29) is 38.8 Å². The van der Waals surface area contributed by atoms with Gasteiger partial charge in [-0.3, -0.25) is 29.9 Å². The molecule has 0 aromatic carbocycles. The highest BCUT2D eigenvalue weighted by Gasteiger charge is 2.27. The number of aliphatic carboxylic acids is 2. The Bertz CT molecular complexity index is 369. The van der Waals surface area contributed by atoms with Crippen LogP contribution in [0.25, 0.3) is 0 Å². The van der Waals surface area contributed by atoms with Gasteiger partial charge in [0.2, 0.25) is 0 Å². The molecule has 4 N–H and O–H groups in total. The van der Waals surface area contributed by atoms with Gasteiger partial charge in [-0.1, -0.05) is 13.8 Å². The molecule has 0 aliphatic heterocycles. The van der Waals surface area contributed by atoms with E-state index in [1.165, 1.54) is 4.90 Å². The molecule has 2 atom stereocenters. The van der Waals surface area contributed by atoms with Gasteiger partial charge in [0.25, 0.3) is 0 Å². The van der Waals surface area contributed by atoms with Gasteiger partial charge in [0.05, 0.1) is 19.8 Å². The number of carboxylic acid groups (broad SMARTS) is 2. The van der Waals surface area contributed by atoms with Crippen molar-refractivity contribution >= 4 is 11.9 Å². The Labute approximate surface area is 141 Å². The van der Waals surface area contributed by atoms with Gasteiger partial charge in [0.1, 0.15) is 6.04 Å². The lowest BCUT2D eigenvalue weighted by molar-refractivity contribution is -0.258. The molecule has 0 saturated carbocycles. The van der Waals surface area contributed by atoms with Gasteiger partial charge in [0, 0.05) is 25.7 Å². The first-order valence-electron chi connectivity index (χ1n) is 7.86. The van der Waals surface area contributed by atoms with Crippen LogP contribution in [0.15, 0.2) is 0 Å². The first-order chi connectivity index (χ1) is 11.4. The van der Waals surface area contributed by atoms with Gasteiger partial charge in [-0.2, -0.15) is 0 Å². The van der Waals surface area contributed by atoms with Crippen LogP contribution in [0.3, 0.4) is 0 Å². The van der Waals surface area contributed by atoms with E-state index in [0.717, 1.165) is 0 Å². The van der Waals surface area contributed by atoms with Gasteiger partial charge < -0.3 is 10.2 Å². The first-order valence-corrected chi connectivity index (χ1v) is 7.86. The Hall–Kier alpha value is -1.30. The molecule has 0 aromatic heterocycles. The fraction of sp³-hybridized carbons (Fsp3) is 0.857. The van der Waals surface area contributed by atoms with Crippen molar-refractivity contribution in [3.63, 3.8) is 0 Å².